The molecule has 0 unspecified atom stereocenters. The van der Waals surface area contributed by atoms with Crippen LogP contribution < -0.4 is 5.32 Å². The monoisotopic (exact) mass is 284 g/mol. The van der Waals surface area contributed by atoms with E-state index in [2.05, 4.69) is 12.2 Å². The molecule has 0 spiro atoms. The van der Waals surface area contributed by atoms with Crippen LogP contribution in [0.5, 0.6) is 0 Å². The molecule has 0 aliphatic heterocycles. The van der Waals surface area contributed by atoms with Gasteiger partial charge in [0.25, 0.3) is 0 Å². The number of hydrogen-bond acceptors (Lipinski definition) is 2. The maximum Gasteiger partial charge on any atom is 0.323 e. The third-order valence-corrected chi connectivity index (χ3v) is 3.83. The van der Waals surface area contributed by atoms with Crippen LogP contribution in [-0.4, -0.2) is 41.1 Å². The van der Waals surface area contributed by atoms with Crippen molar-refractivity contribution in [3.05, 3.63) is 0 Å². The SMILES string of the molecule is CCCCCCN(CC(=O)O)C(=O)NC1CCCCC1. The summed E-state index contributed by atoms with van der Waals surface area (Å²) < 4.78 is 0. The van der Waals surface area contributed by atoms with Crippen molar-refractivity contribution in [1.82, 2.24) is 10.2 Å². The van der Waals surface area contributed by atoms with Gasteiger partial charge in [-0.25, -0.2) is 4.79 Å². The van der Waals surface area contributed by atoms with Crippen LogP contribution in [0.3, 0.4) is 0 Å². The number of carboxylic acids is 1. The second-order valence-electron chi connectivity index (χ2n) is 5.66. The Bertz CT molecular complexity index is 301. The van der Waals surface area contributed by atoms with E-state index in [0.717, 1.165) is 51.4 Å². The quantitative estimate of drug-likeness (QED) is 0.673. The number of aliphatic carboxylic acids is 1. The van der Waals surface area contributed by atoms with E-state index in [1.54, 1.807) is 0 Å². The summed E-state index contributed by atoms with van der Waals surface area (Å²) in [6.07, 6.45) is 9.76. The lowest BCUT2D eigenvalue weighted by Gasteiger charge is -2.27. The Morgan fingerprint density at radius 2 is 1.85 bits per heavy atom. The molecular formula is C15H28N2O3. The summed E-state index contributed by atoms with van der Waals surface area (Å²) in [7, 11) is 0. The number of rotatable bonds is 8. The summed E-state index contributed by atoms with van der Waals surface area (Å²) in [5.74, 6) is -0.945. The van der Waals surface area contributed by atoms with Crippen molar-refractivity contribution in [3.63, 3.8) is 0 Å². The molecule has 2 N–H and O–H groups in total. The van der Waals surface area contributed by atoms with Gasteiger partial charge in [-0.1, -0.05) is 45.4 Å². The first-order valence-corrected chi connectivity index (χ1v) is 7.90. The summed E-state index contributed by atoms with van der Waals surface area (Å²) in [5.41, 5.74) is 0. The molecule has 5 heteroatoms. The molecule has 1 saturated carbocycles. The van der Waals surface area contributed by atoms with E-state index < -0.39 is 5.97 Å². The number of amides is 2. The number of carboxylic acid groups (broad SMARTS) is 1. The second-order valence-corrected chi connectivity index (χ2v) is 5.66. The smallest absolute Gasteiger partial charge is 0.323 e. The minimum atomic E-state index is -0.945. The van der Waals surface area contributed by atoms with Gasteiger partial charge in [0.15, 0.2) is 0 Å². The molecule has 20 heavy (non-hydrogen) atoms. The summed E-state index contributed by atoms with van der Waals surface area (Å²) in [6, 6.07) is 0.0129. The van der Waals surface area contributed by atoms with E-state index in [1.807, 2.05) is 0 Å². The van der Waals surface area contributed by atoms with Crippen LogP contribution in [0, 0.1) is 0 Å². The van der Waals surface area contributed by atoms with Crippen molar-refractivity contribution < 1.29 is 14.7 Å². The molecule has 5 nitrogen and oxygen atoms in total. The van der Waals surface area contributed by atoms with Crippen LogP contribution in [0.2, 0.25) is 0 Å². The predicted octanol–water partition coefficient (Wildman–Crippen LogP) is 3.00. The fraction of sp³-hybridized carbons (Fsp3) is 0.867. The maximum atomic E-state index is 12.2. The molecule has 0 saturated heterocycles. The second kappa shape index (κ2) is 9.61. The summed E-state index contributed by atoms with van der Waals surface area (Å²) in [5, 5.41) is 11.9. The van der Waals surface area contributed by atoms with Gasteiger partial charge in [0.05, 0.1) is 0 Å². The molecular weight excluding hydrogens is 256 g/mol. The standard InChI is InChI=1S/C15H28N2O3/c1-2-3-4-8-11-17(12-14(18)19)15(20)16-13-9-6-5-7-10-13/h13H,2-12H2,1H3,(H,16,20)(H,18,19). The van der Waals surface area contributed by atoms with E-state index in [1.165, 1.54) is 11.3 Å². The van der Waals surface area contributed by atoms with Crippen molar-refractivity contribution in [1.29, 1.82) is 0 Å². The Morgan fingerprint density at radius 1 is 1.15 bits per heavy atom. The van der Waals surface area contributed by atoms with Crippen molar-refractivity contribution in [2.75, 3.05) is 13.1 Å². The van der Waals surface area contributed by atoms with Crippen LogP contribution in [0.4, 0.5) is 4.79 Å². The number of carbonyl (C=O) groups is 2. The summed E-state index contributed by atoms with van der Waals surface area (Å²) in [6.45, 7) is 2.46. The first kappa shape index (κ1) is 16.8. The maximum absolute atomic E-state index is 12.2. The molecule has 0 aromatic carbocycles. The van der Waals surface area contributed by atoms with E-state index in [9.17, 15) is 9.59 Å². The average Bonchev–Trinajstić information content (AvgIpc) is 2.43. The van der Waals surface area contributed by atoms with Gasteiger partial charge in [-0.05, 0) is 19.3 Å². The topological polar surface area (TPSA) is 69.6 Å². The number of nitrogens with zero attached hydrogens (tertiary/aromatic N) is 1. The fourth-order valence-electron chi connectivity index (χ4n) is 2.66. The van der Waals surface area contributed by atoms with Gasteiger partial charge in [0.1, 0.15) is 6.54 Å². The van der Waals surface area contributed by atoms with Gasteiger partial charge in [0, 0.05) is 12.6 Å². The van der Waals surface area contributed by atoms with Crippen LogP contribution in [0.1, 0.15) is 64.7 Å². The molecule has 0 radical (unpaired) electrons. The zero-order chi connectivity index (χ0) is 14.8. The number of hydrogen-bond donors (Lipinski definition) is 2. The molecule has 1 rings (SSSR count). The molecule has 0 aromatic heterocycles. The average molecular weight is 284 g/mol. The lowest BCUT2D eigenvalue weighted by Crippen LogP contribution is -2.47. The van der Waals surface area contributed by atoms with E-state index in [-0.39, 0.29) is 18.6 Å². The van der Waals surface area contributed by atoms with E-state index >= 15 is 0 Å². The van der Waals surface area contributed by atoms with Gasteiger partial charge in [-0.2, -0.15) is 0 Å². The summed E-state index contributed by atoms with van der Waals surface area (Å²) in [4.78, 5) is 24.5. The molecule has 0 aromatic rings. The van der Waals surface area contributed by atoms with Crippen LogP contribution in [0.25, 0.3) is 0 Å². The number of unbranched alkanes of at least 4 members (excludes halogenated alkanes) is 3. The number of carbonyl (C=O) groups excluding carboxylic acids is 1. The summed E-state index contributed by atoms with van der Waals surface area (Å²) >= 11 is 0. The molecule has 0 heterocycles. The van der Waals surface area contributed by atoms with Gasteiger partial charge < -0.3 is 15.3 Å². The van der Waals surface area contributed by atoms with E-state index in [0.29, 0.717) is 6.54 Å². The third-order valence-electron chi connectivity index (χ3n) is 3.83. The Morgan fingerprint density at radius 3 is 2.45 bits per heavy atom. The van der Waals surface area contributed by atoms with E-state index in [4.69, 9.17) is 5.11 Å². The normalized spacial score (nSPS) is 15.8. The van der Waals surface area contributed by atoms with Gasteiger partial charge in [-0.15, -0.1) is 0 Å². The molecule has 0 atom stereocenters. The molecule has 0 bridgehead atoms. The zero-order valence-electron chi connectivity index (χ0n) is 12.6. The highest BCUT2D eigenvalue weighted by atomic mass is 16.4. The highest BCUT2D eigenvalue weighted by Crippen LogP contribution is 2.17. The van der Waals surface area contributed by atoms with Crippen molar-refractivity contribution in [2.24, 2.45) is 0 Å². The van der Waals surface area contributed by atoms with Crippen LogP contribution in [0.15, 0.2) is 0 Å². The van der Waals surface area contributed by atoms with Crippen LogP contribution >= 0.6 is 0 Å². The predicted molar refractivity (Wildman–Crippen MR) is 78.8 cm³/mol. The van der Waals surface area contributed by atoms with Crippen molar-refractivity contribution >= 4 is 12.0 Å². The third kappa shape index (κ3) is 6.78. The fourth-order valence-corrected chi connectivity index (χ4v) is 2.66. The van der Waals surface area contributed by atoms with Gasteiger partial charge in [-0.3, -0.25) is 4.79 Å². The number of urea groups is 1. The Kier molecular flexibility index (Phi) is 8.07. The Balaban J connectivity index is 2.39. The van der Waals surface area contributed by atoms with Crippen molar-refractivity contribution in [3.8, 4) is 0 Å². The van der Waals surface area contributed by atoms with Gasteiger partial charge in [0.2, 0.25) is 0 Å². The first-order chi connectivity index (χ1) is 9.63. The largest absolute Gasteiger partial charge is 0.480 e. The number of nitrogens with one attached hydrogen (secondary N) is 1. The lowest BCUT2D eigenvalue weighted by molar-refractivity contribution is -0.137. The molecule has 1 aliphatic rings. The highest BCUT2D eigenvalue weighted by molar-refractivity contribution is 5.80. The zero-order valence-corrected chi connectivity index (χ0v) is 12.6. The minimum Gasteiger partial charge on any atom is -0.480 e. The first-order valence-electron chi connectivity index (χ1n) is 7.90. The van der Waals surface area contributed by atoms with Gasteiger partial charge >= 0.3 is 12.0 Å². The molecule has 2 amide bonds. The highest BCUT2D eigenvalue weighted by Gasteiger charge is 2.21. The molecule has 116 valence electrons. The Labute approximate surface area is 121 Å². The molecule has 1 fully saturated rings. The van der Waals surface area contributed by atoms with Crippen molar-refractivity contribution in [2.45, 2.75) is 70.8 Å². The Hall–Kier alpha value is -1.26. The van der Waals surface area contributed by atoms with Crippen LogP contribution in [-0.2, 0) is 4.79 Å². The lowest BCUT2D eigenvalue weighted by atomic mass is 9.96. The minimum absolute atomic E-state index is 0.204. The molecule has 1 aliphatic carbocycles.